The SMILES string of the molecule is CC1(C)c2cc(-c3ccc(-c4c5ccccc5c(-c5ccccc5)c5ccccc45)cc3)ccc2-c2c1cc1c3c(cccc23)C(C)(C)c2cc(-c3c4ccccc4c(-c4ccccc4)c4ccccc34)ccc2-1. The van der Waals surface area contributed by atoms with Gasteiger partial charge in [-0.1, -0.05) is 252 Å². The van der Waals surface area contributed by atoms with Crippen molar-refractivity contribution in [2.45, 2.75) is 38.5 Å². The van der Waals surface area contributed by atoms with Crippen LogP contribution in [-0.4, -0.2) is 0 Å². The molecule has 2 aliphatic rings. The summed E-state index contributed by atoms with van der Waals surface area (Å²) in [7, 11) is 0. The molecule has 0 nitrogen and oxygen atoms in total. The van der Waals surface area contributed by atoms with Crippen molar-refractivity contribution in [1.29, 1.82) is 0 Å². The van der Waals surface area contributed by atoms with Crippen LogP contribution in [0.4, 0.5) is 0 Å². The van der Waals surface area contributed by atoms with Crippen molar-refractivity contribution in [2.24, 2.45) is 0 Å². The summed E-state index contributed by atoms with van der Waals surface area (Å²) in [4.78, 5) is 0. The molecule has 0 bridgehead atoms. The third-order valence-corrected chi connectivity index (χ3v) is 17.2. The molecule has 0 heterocycles. The Labute approximate surface area is 432 Å². The van der Waals surface area contributed by atoms with E-state index in [1.807, 2.05) is 0 Å². The molecular weight excluding hydrogens is 889 g/mol. The van der Waals surface area contributed by atoms with E-state index in [1.54, 1.807) is 0 Å². The highest BCUT2D eigenvalue weighted by Gasteiger charge is 2.41. The molecule has 0 amide bonds. The lowest BCUT2D eigenvalue weighted by atomic mass is 9.66. The summed E-state index contributed by atoms with van der Waals surface area (Å²) >= 11 is 0. The number of hydrogen-bond acceptors (Lipinski definition) is 0. The normalized spacial score (nSPS) is 13.9. The van der Waals surface area contributed by atoms with Crippen molar-refractivity contribution in [3.8, 4) is 77.9 Å². The minimum absolute atomic E-state index is 0.217. The van der Waals surface area contributed by atoms with Crippen molar-refractivity contribution < 1.29 is 0 Å². The monoisotopic (exact) mass is 940 g/mol. The van der Waals surface area contributed by atoms with E-state index in [4.69, 9.17) is 0 Å². The van der Waals surface area contributed by atoms with Gasteiger partial charge >= 0.3 is 0 Å². The average molecular weight is 941 g/mol. The van der Waals surface area contributed by atoms with Crippen LogP contribution in [0.5, 0.6) is 0 Å². The van der Waals surface area contributed by atoms with E-state index < -0.39 is 0 Å². The molecule has 0 heteroatoms. The second-order valence-corrected chi connectivity index (χ2v) is 21.8. The minimum Gasteiger partial charge on any atom is -0.0622 e. The summed E-state index contributed by atoms with van der Waals surface area (Å²) in [5.74, 6) is 0. The number of fused-ring (bicyclic) bond motifs is 10. The van der Waals surface area contributed by atoms with Crippen LogP contribution < -0.4 is 0 Å². The van der Waals surface area contributed by atoms with Gasteiger partial charge in [-0.15, -0.1) is 0 Å². The lowest BCUT2D eigenvalue weighted by Crippen LogP contribution is -2.24. The molecular formula is C74H52. The Bertz CT molecular complexity index is 4380. The van der Waals surface area contributed by atoms with E-state index in [1.165, 1.54) is 154 Å². The van der Waals surface area contributed by atoms with Gasteiger partial charge in [-0.2, -0.15) is 0 Å². The Hall–Kier alpha value is -8.84. The first-order chi connectivity index (χ1) is 36.3. The maximum Gasteiger partial charge on any atom is 0.0159 e. The van der Waals surface area contributed by atoms with Gasteiger partial charge in [-0.25, -0.2) is 0 Å². The zero-order valence-electron chi connectivity index (χ0n) is 42.1. The van der Waals surface area contributed by atoms with Crippen molar-refractivity contribution in [3.05, 3.63) is 265 Å². The Morgan fingerprint density at radius 1 is 0.203 bits per heavy atom. The molecule has 15 rings (SSSR count). The Balaban J connectivity index is 0.846. The zero-order chi connectivity index (χ0) is 49.5. The molecule has 74 heavy (non-hydrogen) atoms. The van der Waals surface area contributed by atoms with Crippen LogP contribution in [0.3, 0.4) is 0 Å². The molecule has 0 saturated heterocycles. The van der Waals surface area contributed by atoms with Gasteiger partial charge in [0.05, 0.1) is 0 Å². The third-order valence-electron chi connectivity index (χ3n) is 17.2. The summed E-state index contributed by atoms with van der Waals surface area (Å²) in [5.41, 5.74) is 23.1. The van der Waals surface area contributed by atoms with E-state index in [-0.39, 0.29) is 10.8 Å². The quantitative estimate of drug-likeness (QED) is 0.151. The summed E-state index contributed by atoms with van der Waals surface area (Å²) in [5, 5.41) is 13.0. The summed E-state index contributed by atoms with van der Waals surface area (Å²) in [6.07, 6.45) is 0. The maximum atomic E-state index is 2.57. The van der Waals surface area contributed by atoms with Crippen molar-refractivity contribution in [1.82, 2.24) is 0 Å². The topological polar surface area (TPSA) is 0 Å². The molecule has 0 unspecified atom stereocenters. The molecule has 0 spiro atoms. The number of benzene rings is 13. The van der Waals surface area contributed by atoms with Gasteiger partial charge in [0, 0.05) is 10.8 Å². The molecule has 13 aromatic carbocycles. The molecule has 0 aliphatic heterocycles. The van der Waals surface area contributed by atoms with Crippen LogP contribution in [0.15, 0.2) is 243 Å². The van der Waals surface area contributed by atoms with E-state index >= 15 is 0 Å². The molecule has 348 valence electrons. The Morgan fingerprint density at radius 2 is 0.554 bits per heavy atom. The fraction of sp³-hybridized carbons (Fsp3) is 0.0811. The number of rotatable bonds is 5. The van der Waals surface area contributed by atoms with Gasteiger partial charge in [0.15, 0.2) is 0 Å². The van der Waals surface area contributed by atoms with Crippen LogP contribution in [0.25, 0.3) is 132 Å². The molecule has 0 aromatic heterocycles. The minimum atomic E-state index is -0.239. The van der Waals surface area contributed by atoms with E-state index in [0.29, 0.717) is 0 Å². The average Bonchev–Trinajstić information content (AvgIpc) is 3.72. The predicted octanol–water partition coefficient (Wildman–Crippen LogP) is 20.4. The van der Waals surface area contributed by atoms with E-state index in [0.717, 1.165) is 0 Å². The highest BCUT2D eigenvalue weighted by atomic mass is 14.4. The highest BCUT2D eigenvalue weighted by Crippen LogP contribution is 2.58. The number of hydrogen-bond donors (Lipinski definition) is 0. The molecule has 0 fully saturated rings. The maximum absolute atomic E-state index is 2.57. The third kappa shape index (κ3) is 6.03. The lowest BCUT2D eigenvalue weighted by Gasteiger charge is -2.36. The van der Waals surface area contributed by atoms with Crippen LogP contribution >= 0.6 is 0 Å². The standard InChI is InChI=1S/C74H52/c1-73(2)63-33-19-32-61-71-60-41-38-49(45-34-36-48(37-35-45)69-54-26-13-11-24-52(54)67(46-20-7-5-8-21-46)53-25-12-14-27-55(53)69)42-65(60)74(3,4)66(71)44-62(72(61)63)51-40-39-50(43-64(51)73)70-58-30-17-15-28-56(58)68(47-22-9-6-10-23-47)57-29-16-18-31-59(57)70/h5-44H,1-4H3. The van der Waals surface area contributed by atoms with Gasteiger partial charge < -0.3 is 0 Å². The first-order valence-corrected chi connectivity index (χ1v) is 26.2. The first kappa shape index (κ1) is 42.8. The lowest BCUT2D eigenvalue weighted by molar-refractivity contribution is 0.644. The summed E-state index contributed by atoms with van der Waals surface area (Å²) in [6.45, 7) is 9.76. The fourth-order valence-corrected chi connectivity index (χ4v) is 13.7. The highest BCUT2D eigenvalue weighted by molar-refractivity contribution is 6.23. The molecule has 0 saturated carbocycles. The molecule has 0 N–H and O–H groups in total. The van der Waals surface area contributed by atoms with Crippen LogP contribution in [-0.2, 0) is 10.8 Å². The zero-order valence-corrected chi connectivity index (χ0v) is 42.1. The molecule has 0 radical (unpaired) electrons. The Morgan fingerprint density at radius 3 is 1.05 bits per heavy atom. The first-order valence-electron chi connectivity index (χ1n) is 26.2. The molecule has 0 atom stereocenters. The Kier molecular flexibility index (Phi) is 9.16. The van der Waals surface area contributed by atoms with Crippen LogP contribution in [0, 0.1) is 0 Å². The van der Waals surface area contributed by atoms with Crippen molar-refractivity contribution in [2.75, 3.05) is 0 Å². The second kappa shape index (κ2) is 15.8. The molecule has 13 aromatic rings. The van der Waals surface area contributed by atoms with Gasteiger partial charge in [-0.3, -0.25) is 0 Å². The summed E-state index contributed by atoms with van der Waals surface area (Å²) in [6, 6.07) is 91.3. The largest absolute Gasteiger partial charge is 0.0622 e. The van der Waals surface area contributed by atoms with Gasteiger partial charge in [-0.05, 0) is 172 Å². The van der Waals surface area contributed by atoms with Crippen molar-refractivity contribution in [3.63, 3.8) is 0 Å². The van der Waals surface area contributed by atoms with Crippen LogP contribution in [0.2, 0.25) is 0 Å². The predicted molar refractivity (Wildman–Crippen MR) is 316 cm³/mol. The van der Waals surface area contributed by atoms with E-state index in [9.17, 15) is 0 Å². The molecule has 2 aliphatic carbocycles. The fourth-order valence-electron chi connectivity index (χ4n) is 13.7. The smallest absolute Gasteiger partial charge is 0.0159 e. The van der Waals surface area contributed by atoms with E-state index in [2.05, 4.69) is 270 Å². The van der Waals surface area contributed by atoms with Crippen molar-refractivity contribution >= 4 is 53.9 Å². The van der Waals surface area contributed by atoms with Gasteiger partial charge in [0.1, 0.15) is 0 Å². The second-order valence-electron chi connectivity index (χ2n) is 21.8. The summed E-state index contributed by atoms with van der Waals surface area (Å²) < 4.78 is 0. The van der Waals surface area contributed by atoms with Crippen LogP contribution in [0.1, 0.15) is 49.9 Å². The van der Waals surface area contributed by atoms with Gasteiger partial charge in [0.2, 0.25) is 0 Å². The van der Waals surface area contributed by atoms with Gasteiger partial charge in [0.25, 0.3) is 0 Å².